The van der Waals surface area contributed by atoms with Crippen LogP contribution in [0.1, 0.15) is 19.3 Å². The predicted molar refractivity (Wildman–Crippen MR) is 121 cm³/mol. The molecule has 0 radical (unpaired) electrons. The zero-order valence-electron chi connectivity index (χ0n) is 15.5. The third-order valence-electron chi connectivity index (χ3n) is 3.88. The van der Waals surface area contributed by atoms with Gasteiger partial charge in [0.1, 0.15) is 17.4 Å². The average molecular weight is 532 g/mol. The lowest BCUT2D eigenvalue weighted by Gasteiger charge is -2.14. The summed E-state index contributed by atoms with van der Waals surface area (Å²) < 4.78 is 16.8. The van der Waals surface area contributed by atoms with E-state index in [0.29, 0.717) is 42.2 Å². The van der Waals surface area contributed by atoms with E-state index in [1.807, 2.05) is 0 Å². The van der Waals surface area contributed by atoms with Gasteiger partial charge in [-0.1, -0.05) is 29.3 Å². The summed E-state index contributed by atoms with van der Waals surface area (Å²) in [5.41, 5.74) is 0. The molecule has 1 unspecified atom stereocenters. The monoisotopic (exact) mass is 531 g/mol. The highest BCUT2D eigenvalue weighted by Crippen LogP contribution is 2.31. The Morgan fingerprint density at radius 1 is 1.26 bits per heavy atom. The molecule has 1 atom stereocenters. The number of benzene rings is 1. The van der Waals surface area contributed by atoms with Gasteiger partial charge in [-0.3, -0.25) is 4.99 Å². The summed E-state index contributed by atoms with van der Waals surface area (Å²) in [5, 5.41) is 7.34. The molecule has 1 aromatic rings. The molecule has 1 aromatic carbocycles. The van der Waals surface area contributed by atoms with Crippen molar-refractivity contribution in [3.05, 3.63) is 28.2 Å². The average Bonchev–Trinajstić information content (AvgIpc) is 3.16. The lowest BCUT2D eigenvalue weighted by Crippen LogP contribution is -2.40. The van der Waals surface area contributed by atoms with Gasteiger partial charge in [0.15, 0.2) is 5.96 Å². The van der Waals surface area contributed by atoms with Crippen molar-refractivity contribution in [2.24, 2.45) is 4.99 Å². The standard InChI is InChI=1S/C18H27Cl2N3O3.HI/c1-21-18(22-8-4-10-24-13-14-5-3-11-25-14)23-9-12-26-16-7-2-6-15(19)17(16)20;/h2,6-7,14H,3-5,8-13H2,1H3,(H2,21,22,23);1H. The van der Waals surface area contributed by atoms with Gasteiger partial charge >= 0.3 is 0 Å². The predicted octanol–water partition coefficient (Wildman–Crippen LogP) is 3.74. The van der Waals surface area contributed by atoms with Crippen molar-refractivity contribution >= 4 is 53.1 Å². The quantitative estimate of drug-likeness (QED) is 0.208. The smallest absolute Gasteiger partial charge is 0.191 e. The molecule has 6 nitrogen and oxygen atoms in total. The number of ether oxygens (including phenoxy) is 3. The molecule has 27 heavy (non-hydrogen) atoms. The minimum Gasteiger partial charge on any atom is -0.490 e. The molecule has 2 N–H and O–H groups in total. The number of guanidine groups is 1. The number of nitrogens with one attached hydrogen (secondary N) is 2. The molecule has 2 rings (SSSR count). The van der Waals surface area contributed by atoms with Gasteiger partial charge in [0, 0.05) is 26.8 Å². The number of rotatable bonds is 10. The van der Waals surface area contributed by atoms with Gasteiger partial charge in [0.05, 0.1) is 24.3 Å². The Bertz CT molecular complexity index is 573. The van der Waals surface area contributed by atoms with Crippen molar-refractivity contribution in [2.45, 2.75) is 25.4 Å². The van der Waals surface area contributed by atoms with Crippen LogP contribution in [0.25, 0.3) is 0 Å². The molecule has 0 aliphatic carbocycles. The molecule has 154 valence electrons. The molecule has 0 aromatic heterocycles. The van der Waals surface area contributed by atoms with Crippen molar-refractivity contribution in [3.63, 3.8) is 0 Å². The van der Waals surface area contributed by atoms with Crippen molar-refractivity contribution in [2.75, 3.05) is 46.6 Å². The van der Waals surface area contributed by atoms with E-state index in [4.69, 9.17) is 37.4 Å². The van der Waals surface area contributed by atoms with E-state index in [1.165, 1.54) is 0 Å². The second kappa shape index (κ2) is 14.5. The van der Waals surface area contributed by atoms with Crippen LogP contribution in [0, 0.1) is 0 Å². The lowest BCUT2D eigenvalue weighted by atomic mass is 10.2. The van der Waals surface area contributed by atoms with Gasteiger partial charge in [-0.25, -0.2) is 0 Å². The summed E-state index contributed by atoms with van der Waals surface area (Å²) in [6.07, 6.45) is 3.44. The highest BCUT2D eigenvalue weighted by molar-refractivity contribution is 14.0. The van der Waals surface area contributed by atoms with E-state index in [-0.39, 0.29) is 30.1 Å². The molecule has 0 amide bonds. The molecular weight excluding hydrogens is 504 g/mol. The molecule has 9 heteroatoms. The Labute approximate surface area is 188 Å². The molecule has 0 saturated carbocycles. The van der Waals surface area contributed by atoms with Crippen LogP contribution in [-0.4, -0.2) is 58.6 Å². The minimum absolute atomic E-state index is 0. The summed E-state index contributed by atoms with van der Waals surface area (Å²) in [4.78, 5) is 4.18. The summed E-state index contributed by atoms with van der Waals surface area (Å²) in [6.45, 7) is 4.09. The third kappa shape index (κ3) is 9.51. The third-order valence-corrected chi connectivity index (χ3v) is 4.68. The maximum absolute atomic E-state index is 6.08. The van der Waals surface area contributed by atoms with Gasteiger partial charge in [-0.2, -0.15) is 0 Å². The fourth-order valence-electron chi connectivity index (χ4n) is 2.52. The van der Waals surface area contributed by atoms with Crippen molar-refractivity contribution in [1.29, 1.82) is 0 Å². The van der Waals surface area contributed by atoms with E-state index in [1.54, 1.807) is 25.2 Å². The largest absolute Gasteiger partial charge is 0.490 e. The Kier molecular flexibility index (Phi) is 13.2. The van der Waals surface area contributed by atoms with Gasteiger partial charge in [0.2, 0.25) is 0 Å². The molecule has 1 heterocycles. The zero-order chi connectivity index (χ0) is 18.6. The van der Waals surface area contributed by atoms with Gasteiger partial charge in [-0.15, -0.1) is 24.0 Å². The van der Waals surface area contributed by atoms with Crippen molar-refractivity contribution in [3.8, 4) is 5.75 Å². The van der Waals surface area contributed by atoms with Crippen LogP contribution >= 0.6 is 47.2 Å². The first-order valence-corrected chi connectivity index (χ1v) is 9.67. The first kappa shape index (κ1) is 24.6. The number of hydrogen-bond donors (Lipinski definition) is 2. The topological polar surface area (TPSA) is 64.1 Å². The molecule has 1 aliphatic heterocycles. The first-order valence-electron chi connectivity index (χ1n) is 8.91. The fraction of sp³-hybridized carbons (Fsp3) is 0.611. The summed E-state index contributed by atoms with van der Waals surface area (Å²) in [5.74, 6) is 1.30. The molecule has 0 bridgehead atoms. The Morgan fingerprint density at radius 2 is 2.07 bits per heavy atom. The van der Waals surface area contributed by atoms with E-state index in [2.05, 4.69) is 15.6 Å². The first-order chi connectivity index (χ1) is 12.7. The molecule has 1 fully saturated rings. The van der Waals surface area contributed by atoms with Gasteiger partial charge in [-0.05, 0) is 31.4 Å². The van der Waals surface area contributed by atoms with E-state index < -0.39 is 0 Å². The maximum Gasteiger partial charge on any atom is 0.191 e. The minimum atomic E-state index is 0. The second-order valence-corrected chi connectivity index (χ2v) is 6.67. The molecule has 0 spiro atoms. The molecular formula is C18H28Cl2IN3O3. The summed E-state index contributed by atoms with van der Waals surface area (Å²) >= 11 is 12.0. The normalized spacial score (nSPS) is 16.7. The number of halogens is 3. The fourth-order valence-corrected chi connectivity index (χ4v) is 2.86. The Balaban J connectivity index is 0.00000364. The summed E-state index contributed by atoms with van der Waals surface area (Å²) in [6, 6.07) is 5.32. The van der Waals surface area contributed by atoms with E-state index in [9.17, 15) is 0 Å². The van der Waals surface area contributed by atoms with Crippen LogP contribution in [0.2, 0.25) is 10.0 Å². The molecule has 1 saturated heterocycles. The van der Waals surface area contributed by atoms with Crippen LogP contribution in [0.3, 0.4) is 0 Å². The number of hydrogen-bond acceptors (Lipinski definition) is 4. The Hall–Kier alpha value is -0.480. The van der Waals surface area contributed by atoms with E-state index in [0.717, 1.165) is 38.4 Å². The zero-order valence-corrected chi connectivity index (χ0v) is 19.4. The maximum atomic E-state index is 6.08. The highest BCUT2D eigenvalue weighted by atomic mass is 127. The van der Waals surface area contributed by atoms with Crippen molar-refractivity contribution < 1.29 is 14.2 Å². The molecule has 1 aliphatic rings. The van der Waals surface area contributed by atoms with Gasteiger partial charge < -0.3 is 24.8 Å². The van der Waals surface area contributed by atoms with Crippen LogP contribution < -0.4 is 15.4 Å². The number of nitrogens with zero attached hydrogens (tertiary/aromatic N) is 1. The van der Waals surface area contributed by atoms with Crippen LogP contribution in [0.5, 0.6) is 5.75 Å². The summed E-state index contributed by atoms with van der Waals surface area (Å²) in [7, 11) is 1.73. The SMILES string of the molecule is CN=C(NCCCOCC1CCCO1)NCCOc1cccc(Cl)c1Cl.I. The van der Waals surface area contributed by atoms with E-state index >= 15 is 0 Å². The highest BCUT2D eigenvalue weighted by Gasteiger charge is 2.14. The van der Waals surface area contributed by atoms with Crippen LogP contribution in [0.15, 0.2) is 23.2 Å². The second-order valence-electron chi connectivity index (χ2n) is 5.89. The van der Waals surface area contributed by atoms with Crippen LogP contribution in [-0.2, 0) is 9.47 Å². The van der Waals surface area contributed by atoms with Crippen LogP contribution in [0.4, 0.5) is 0 Å². The number of aliphatic imine (C=N–C) groups is 1. The van der Waals surface area contributed by atoms with Crippen molar-refractivity contribution in [1.82, 2.24) is 10.6 Å². The lowest BCUT2D eigenvalue weighted by molar-refractivity contribution is 0.0168. The van der Waals surface area contributed by atoms with Gasteiger partial charge in [0.25, 0.3) is 0 Å². The Morgan fingerprint density at radius 3 is 2.81 bits per heavy atom.